The monoisotopic (exact) mass is 305 g/mol. The van der Waals surface area contributed by atoms with Gasteiger partial charge in [-0.25, -0.2) is 4.98 Å². The van der Waals surface area contributed by atoms with Gasteiger partial charge < -0.3 is 9.88 Å². The topological polar surface area (TPSA) is 46.9 Å². The van der Waals surface area contributed by atoms with E-state index in [0.717, 1.165) is 34.2 Å². The quantitative estimate of drug-likeness (QED) is 0.920. The molecule has 0 radical (unpaired) electrons. The van der Waals surface area contributed by atoms with E-state index in [1.54, 1.807) is 11.3 Å². The Labute approximate surface area is 130 Å². The normalized spacial score (nSPS) is 12.4. The Balaban J connectivity index is 2.02. The zero-order chi connectivity index (χ0) is 15.6. The van der Waals surface area contributed by atoms with Crippen LogP contribution in [0.15, 0.2) is 11.4 Å². The maximum Gasteiger partial charge on any atom is 0.253 e. The highest BCUT2D eigenvalue weighted by Crippen LogP contribution is 2.19. The first-order valence-electron chi connectivity index (χ1n) is 7.31. The largest absolute Gasteiger partial charge is 0.351 e. The summed E-state index contributed by atoms with van der Waals surface area (Å²) in [6, 6.07) is 1.96. The molecule has 21 heavy (non-hydrogen) atoms. The summed E-state index contributed by atoms with van der Waals surface area (Å²) in [5.74, 6) is 0.241. The first kappa shape index (κ1) is 15.8. The van der Waals surface area contributed by atoms with Crippen molar-refractivity contribution in [2.45, 2.75) is 47.1 Å². The molecular formula is C16H23N3OS. The lowest BCUT2D eigenvalue weighted by molar-refractivity contribution is 0.0951. The number of aryl methyl sites for hydroxylation is 2. The first-order valence-corrected chi connectivity index (χ1v) is 8.19. The van der Waals surface area contributed by atoms with Crippen LogP contribution in [-0.4, -0.2) is 22.0 Å². The van der Waals surface area contributed by atoms with Crippen molar-refractivity contribution in [2.24, 2.45) is 0 Å². The summed E-state index contributed by atoms with van der Waals surface area (Å²) in [7, 11) is 0. The highest BCUT2D eigenvalue weighted by molar-refractivity contribution is 7.09. The van der Waals surface area contributed by atoms with Gasteiger partial charge in [-0.05, 0) is 33.8 Å². The maximum absolute atomic E-state index is 12.3. The minimum Gasteiger partial charge on any atom is -0.351 e. The number of aromatic nitrogens is 2. The maximum atomic E-state index is 12.3. The second kappa shape index (κ2) is 6.43. The van der Waals surface area contributed by atoms with E-state index in [2.05, 4.69) is 28.7 Å². The van der Waals surface area contributed by atoms with E-state index in [-0.39, 0.29) is 11.8 Å². The molecule has 0 saturated carbocycles. The summed E-state index contributed by atoms with van der Waals surface area (Å²) in [5, 5.41) is 6.15. The first-order chi connectivity index (χ1) is 9.93. The summed E-state index contributed by atoms with van der Waals surface area (Å²) < 4.78 is 2.16. The Morgan fingerprint density at radius 3 is 2.67 bits per heavy atom. The molecule has 0 fully saturated rings. The predicted octanol–water partition coefficient (Wildman–Crippen LogP) is 3.42. The fraction of sp³-hybridized carbons (Fsp3) is 0.500. The number of nitrogens with one attached hydrogen (secondary N) is 1. The van der Waals surface area contributed by atoms with Gasteiger partial charge in [-0.1, -0.05) is 6.92 Å². The molecule has 0 aliphatic heterocycles. The second-order valence-electron chi connectivity index (χ2n) is 5.47. The Hall–Kier alpha value is -1.62. The number of hydrogen-bond donors (Lipinski definition) is 1. The Morgan fingerprint density at radius 1 is 1.43 bits per heavy atom. The minimum absolute atomic E-state index is 0.00271. The molecule has 0 spiro atoms. The lowest BCUT2D eigenvalue weighted by Crippen LogP contribution is -2.27. The van der Waals surface area contributed by atoms with Crippen LogP contribution in [0, 0.1) is 20.8 Å². The molecule has 2 aromatic rings. The lowest BCUT2D eigenvalue weighted by Gasteiger charge is -2.10. The zero-order valence-electron chi connectivity index (χ0n) is 13.4. The van der Waals surface area contributed by atoms with E-state index in [4.69, 9.17) is 0 Å². The molecule has 1 amide bonds. The van der Waals surface area contributed by atoms with Crippen LogP contribution < -0.4 is 5.32 Å². The van der Waals surface area contributed by atoms with Gasteiger partial charge in [-0.2, -0.15) is 0 Å². The van der Waals surface area contributed by atoms with E-state index in [0.29, 0.717) is 6.54 Å². The average molecular weight is 305 g/mol. The van der Waals surface area contributed by atoms with Crippen LogP contribution in [0.1, 0.15) is 52.2 Å². The van der Waals surface area contributed by atoms with Crippen LogP contribution in [0.3, 0.4) is 0 Å². The van der Waals surface area contributed by atoms with Gasteiger partial charge in [0.2, 0.25) is 0 Å². The van der Waals surface area contributed by atoms with Crippen LogP contribution in [0.4, 0.5) is 0 Å². The molecule has 0 saturated heterocycles. The number of rotatable bonds is 5. The number of nitrogens with zero attached hydrogens (tertiary/aromatic N) is 2. The van der Waals surface area contributed by atoms with Crippen molar-refractivity contribution in [2.75, 3.05) is 6.54 Å². The van der Waals surface area contributed by atoms with Crippen molar-refractivity contribution < 1.29 is 4.79 Å². The third-order valence-corrected chi connectivity index (χ3v) is 4.96. The molecule has 114 valence electrons. The van der Waals surface area contributed by atoms with Crippen LogP contribution >= 0.6 is 11.3 Å². The van der Waals surface area contributed by atoms with Gasteiger partial charge in [0, 0.05) is 41.5 Å². The molecule has 0 aromatic carbocycles. The van der Waals surface area contributed by atoms with Crippen molar-refractivity contribution in [1.82, 2.24) is 14.9 Å². The van der Waals surface area contributed by atoms with Gasteiger partial charge in [0.25, 0.3) is 5.91 Å². The molecule has 5 heteroatoms. The summed E-state index contributed by atoms with van der Waals surface area (Å²) in [6.07, 6.45) is 0. The van der Waals surface area contributed by atoms with Gasteiger partial charge in [-0.15, -0.1) is 11.3 Å². The van der Waals surface area contributed by atoms with Gasteiger partial charge in [0.05, 0.1) is 10.6 Å². The molecule has 4 nitrogen and oxygen atoms in total. The smallest absolute Gasteiger partial charge is 0.253 e. The third-order valence-electron chi connectivity index (χ3n) is 3.76. The number of hydrogen-bond acceptors (Lipinski definition) is 3. The van der Waals surface area contributed by atoms with Crippen molar-refractivity contribution in [3.8, 4) is 0 Å². The van der Waals surface area contributed by atoms with Crippen molar-refractivity contribution in [3.05, 3.63) is 39.1 Å². The summed E-state index contributed by atoms with van der Waals surface area (Å²) >= 11 is 1.65. The zero-order valence-corrected chi connectivity index (χ0v) is 14.2. The van der Waals surface area contributed by atoms with Gasteiger partial charge >= 0.3 is 0 Å². The molecule has 1 N–H and O–H groups in total. The number of thiazole rings is 1. The Kier molecular flexibility index (Phi) is 4.83. The molecule has 2 rings (SSSR count). The van der Waals surface area contributed by atoms with Crippen LogP contribution in [0.25, 0.3) is 0 Å². The third kappa shape index (κ3) is 3.35. The Bertz CT molecular complexity index is 642. The van der Waals surface area contributed by atoms with Crippen molar-refractivity contribution >= 4 is 17.2 Å². The van der Waals surface area contributed by atoms with E-state index in [1.807, 2.05) is 32.2 Å². The highest BCUT2D eigenvalue weighted by atomic mass is 32.1. The molecule has 0 unspecified atom stereocenters. The predicted molar refractivity (Wildman–Crippen MR) is 87.2 cm³/mol. The minimum atomic E-state index is 0.00271. The van der Waals surface area contributed by atoms with E-state index >= 15 is 0 Å². The van der Waals surface area contributed by atoms with Crippen LogP contribution in [-0.2, 0) is 6.54 Å². The molecular weight excluding hydrogens is 282 g/mol. The second-order valence-corrected chi connectivity index (χ2v) is 6.36. The molecule has 0 aliphatic carbocycles. The molecule has 1 atom stereocenters. The molecule has 0 bridgehead atoms. The summed E-state index contributed by atoms with van der Waals surface area (Å²) in [5.41, 5.74) is 3.98. The molecule has 0 aliphatic rings. The van der Waals surface area contributed by atoms with Gasteiger partial charge in [-0.3, -0.25) is 4.79 Å². The SMILES string of the molecule is CCn1c(C)cc(C(=O)NC[C@@H](C)c2nc(C)cs2)c1C. The molecule has 2 heterocycles. The fourth-order valence-electron chi connectivity index (χ4n) is 2.54. The number of carbonyl (C=O) groups is 1. The van der Waals surface area contributed by atoms with E-state index < -0.39 is 0 Å². The summed E-state index contributed by atoms with van der Waals surface area (Å²) in [4.78, 5) is 16.8. The standard InChI is InChI=1S/C16H23N3OS/c1-6-19-12(4)7-14(13(19)5)15(20)17-8-10(2)16-18-11(3)9-21-16/h7,9-10H,6,8H2,1-5H3,(H,17,20)/t10-/m1/s1. The van der Waals surface area contributed by atoms with Crippen molar-refractivity contribution in [1.29, 1.82) is 0 Å². The summed E-state index contributed by atoms with van der Waals surface area (Å²) in [6.45, 7) is 11.7. The average Bonchev–Trinajstić information content (AvgIpc) is 3.00. The lowest BCUT2D eigenvalue weighted by atomic mass is 10.1. The van der Waals surface area contributed by atoms with Gasteiger partial charge in [0.1, 0.15) is 0 Å². The van der Waals surface area contributed by atoms with Crippen molar-refractivity contribution in [3.63, 3.8) is 0 Å². The van der Waals surface area contributed by atoms with Gasteiger partial charge in [0.15, 0.2) is 0 Å². The van der Waals surface area contributed by atoms with Crippen LogP contribution in [0.5, 0.6) is 0 Å². The van der Waals surface area contributed by atoms with Crippen LogP contribution in [0.2, 0.25) is 0 Å². The van der Waals surface area contributed by atoms with E-state index in [9.17, 15) is 4.79 Å². The number of amides is 1. The number of carbonyl (C=O) groups excluding carboxylic acids is 1. The van der Waals surface area contributed by atoms with E-state index in [1.165, 1.54) is 0 Å². The Morgan fingerprint density at radius 2 is 2.14 bits per heavy atom. The fourth-order valence-corrected chi connectivity index (χ4v) is 3.40. The molecule has 2 aromatic heterocycles. The highest BCUT2D eigenvalue weighted by Gasteiger charge is 2.16.